The minimum Gasteiger partial charge on any atom is -0.335 e. The van der Waals surface area contributed by atoms with Crippen LogP contribution >= 0.6 is 11.8 Å². The lowest BCUT2D eigenvalue weighted by Crippen LogP contribution is -2.14. The van der Waals surface area contributed by atoms with E-state index in [1.165, 1.54) is 29.0 Å². The summed E-state index contributed by atoms with van der Waals surface area (Å²) < 4.78 is 0. The average Bonchev–Trinajstić information content (AvgIpc) is 2.24. The van der Waals surface area contributed by atoms with Gasteiger partial charge in [0.2, 0.25) is 0 Å². The zero-order valence-corrected chi connectivity index (χ0v) is 10.0. The van der Waals surface area contributed by atoms with Gasteiger partial charge < -0.3 is 5.32 Å². The summed E-state index contributed by atoms with van der Waals surface area (Å²) >= 11 is 1.81. The fraction of sp³-hybridized carbons (Fsp3) is 0.417. The Labute approximate surface area is 95.2 Å². The Hall–Kier alpha value is -0.960. The maximum absolute atomic E-state index is 4.46. The van der Waals surface area contributed by atoms with Gasteiger partial charge in [-0.25, -0.2) is 0 Å². The van der Waals surface area contributed by atoms with Crippen LogP contribution in [0.4, 0.5) is 5.69 Å². The second-order valence-electron chi connectivity index (χ2n) is 3.83. The number of nitrogens with zero attached hydrogens (tertiary/aromatic N) is 1. The van der Waals surface area contributed by atoms with Crippen LogP contribution < -0.4 is 5.32 Å². The summed E-state index contributed by atoms with van der Waals surface area (Å²) in [4.78, 5) is 4.46. The van der Waals surface area contributed by atoms with E-state index in [1.54, 1.807) is 0 Å². The van der Waals surface area contributed by atoms with Crippen LogP contribution in [0.25, 0.3) is 0 Å². The molecular weight excluding hydrogens is 204 g/mol. The molecule has 0 atom stereocenters. The molecule has 3 heteroatoms. The monoisotopic (exact) mass is 220 g/mol. The minimum atomic E-state index is 0.959. The number of nitrogens with one attached hydrogen (secondary N) is 1. The van der Waals surface area contributed by atoms with Crippen molar-refractivity contribution in [1.82, 2.24) is 0 Å². The van der Waals surface area contributed by atoms with Crippen LogP contribution in [0.2, 0.25) is 0 Å². The molecule has 0 amide bonds. The molecule has 80 valence electrons. The van der Waals surface area contributed by atoms with Crippen molar-refractivity contribution in [3.05, 3.63) is 29.3 Å². The van der Waals surface area contributed by atoms with Crippen molar-refractivity contribution in [2.24, 2.45) is 4.99 Å². The van der Waals surface area contributed by atoms with Gasteiger partial charge in [-0.2, -0.15) is 0 Å². The summed E-state index contributed by atoms with van der Waals surface area (Å²) in [6.07, 6.45) is 1.20. The summed E-state index contributed by atoms with van der Waals surface area (Å²) in [5.74, 6) is 1.18. The van der Waals surface area contributed by atoms with Crippen LogP contribution in [0.5, 0.6) is 0 Å². The van der Waals surface area contributed by atoms with Gasteiger partial charge in [-0.3, -0.25) is 4.99 Å². The largest absolute Gasteiger partial charge is 0.335 e. The lowest BCUT2D eigenvalue weighted by atomic mass is 10.1. The Balaban J connectivity index is 2.13. The lowest BCUT2D eigenvalue weighted by Gasteiger charge is -2.15. The molecule has 0 aromatic heterocycles. The van der Waals surface area contributed by atoms with Crippen LogP contribution in [0.3, 0.4) is 0 Å². The van der Waals surface area contributed by atoms with Crippen molar-refractivity contribution in [1.29, 1.82) is 0 Å². The summed E-state index contributed by atoms with van der Waals surface area (Å²) in [6, 6.07) is 6.45. The maximum Gasteiger partial charge on any atom is 0.161 e. The molecule has 0 radical (unpaired) electrons. The molecule has 1 heterocycles. The van der Waals surface area contributed by atoms with E-state index < -0.39 is 0 Å². The molecule has 0 bridgehead atoms. The van der Waals surface area contributed by atoms with E-state index in [9.17, 15) is 0 Å². The molecule has 1 aromatic carbocycles. The first kappa shape index (κ1) is 10.6. The van der Waals surface area contributed by atoms with Crippen molar-refractivity contribution in [2.75, 3.05) is 17.6 Å². The third kappa shape index (κ3) is 2.75. The minimum absolute atomic E-state index is 0.959. The highest BCUT2D eigenvalue weighted by Gasteiger charge is 2.07. The van der Waals surface area contributed by atoms with E-state index in [1.807, 2.05) is 11.8 Å². The highest BCUT2D eigenvalue weighted by molar-refractivity contribution is 8.14. The van der Waals surface area contributed by atoms with Crippen LogP contribution in [-0.4, -0.2) is 17.5 Å². The highest BCUT2D eigenvalue weighted by atomic mass is 32.2. The lowest BCUT2D eigenvalue weighted by molar-refractivity contribution is 0.938. The molecule has 15 heavy (non-hydrogen) atoms. The van der Waals surface area contributed by atoms with Crippen molar-refractivity contribution >= 4 is 22.6 Å². The number of anilines is 1. The molecule has 1 aliphatic heterocycles. The number of amidine groups is 1. The molecule has 1 N–H and O–H groups in total. The molecule has 1 aliphatic rings. The van der Waals surface area contributed by atoms with Crippen LogP contribution in [-0.2, 0) is 0 Å². The Morgan fingerprint density at radius 3 is 2.87 bits per heavy atom. The smallest absolute Gasteiger partial charge is 0.161 e. The first-order valence-electron chi connectivity index (χ1n) is 5.27. The van der Waals surface area contributed by atoms with Gasteiger partial charge in [0.05, 0.1) is 0 Å². The molecule has 0 unspecified atom stereocenters. The average molecular weight is 220 g/mol. The fourth-order valence-corrected chi connectivity index (χ4v) is 2.44. The molecule has 2 nitrogen and oxygen atoms in total. The Bertz CT molecular complexity index is 385. The number of aryl methyl sites for hydroxylation is 2. The Kier molecular flexibility index (Phi) is 3.31. The summed E-state index contributed by atoms with van der Waals surface area (Å²) in [5, 5.41) is 4.45. The molecule has 2 rings (SSSR count). The number of hydrogen-bond acceptors (Lipinski definition) is 3. The standard InChI is InChI=1S/C12H16N2S/c1-9-4-5-11(10(2)8-9)14-12-13-6-3-7-15-12/h4-5,8H,3,6-7H2,1-2H3,(H,13,14). The summed E-state index contributed by atoms with van der Waals surface area (Å²) in [7, 11) is 0. The third-order valence-electron chi connectivity index (χ3n) is 2.42. The van der Waals surface area contributed by atoms with E-state index >= 15 is 0 Å². The Morgan fingerprint density at radius 1 is 1.33 bits per heavy atom. The second kappa shape index (κ2) is 4.71. The van der Waals surface area contributed by atoms with Crippen molar-refractivity contribution in [2.45, 2.75) is 20.3 Å². The van der Waals surface area contributed by atoms with E-state index in [2.05, 4.69) is 42.4 Å². The zero-order chi connectivity index (χ0) is 10.7. The van der Waals surface area contributed by atoms with Crippen molar-refractivity contribution in [3.63, 3.8) is 0 Å². The summed E-state index contributed by atoms with van der Waals surface area (Å²) in [6.45, 7) is 5.20. The van der Waals surface area contributed by atoms with Crippen molar-refractivity contribution in [3.8, 4) is 0 Å². The number of thioether (sulfide) groups is 1. The normalized spacial score (nSPS) is 16.0. The molecule has 0 spiro atoms. The van der Waals surface area contributed by atoms with E-state index in [4.69, 9.17) is 0 Å². The number of hydrogen-bond donors (Lipinski definition) is 1. The van der Waals surface area contributed by atoms with Gasteiger partial charge in [0.25, 0.3) is 0 Å². The molecule has 0 aliphatic carbocycles. The van der Waals surface area contributed by atoms with Crippen LogP contribution in [0.1, 0.15) is 17.5 Å². The van der Waals surface area contributed by atoms with Gasteiger partial charge in [-0.15, -0.1) is 0 Å². The molecule has 0 saturated heterocycles. The summed E-state index contributed by atoms with van der Waals surface area (Å²) in [5.41, 5.74) is 3.76. The third-order valence-corrected chi connectivity index (χ3v) is 3.42. The van der Waals surface area contributed by atoms with Gasteiger partial charge in [-0.05, 0) is 31.9 Å². The predicted octanol–water partition coefficient (Wildman–Crippen LogP) is 3.21. The van der Waals surface area contributed by atoms with Gasteiger partial charge in [0.15, 0.2) is 5.17 Å². The van der Waals surface area contributed by atoms with Gasteiger partial charge in [0.1, 0.15) is 0 Å². The van der Waals surface area contributed by atoms with Gasteiger partial charge in [-0.1, -0.05) is 29.5 Å². The first-order chi connectivity index (χ1) is 7.25. The molecule has 0 saturated carbocycles. The zero-order valence-electron chi connectivity index (χ0n) is 9.21. The topological polar surface area (TPSA) is 24.4 Å². The van der Waals surface area contributed by atoms with E-state index in [-0.39, 0.29) is 0 Å². The molecule has 1 aromatic rings. The maximum atomic E-state index is 4.46. The van der Waals surface area contributed by atoms with Crippen LogP contribution in [0.15, 0.2) is 23.2 Å². The van der Waals surface area contributed by atoms with E-state index in [0.717, 1.165) is 11.7 Å². The molecule has 0 fully saturated rings. The van der Waals surface area contributed by atoms with Gasteiger partial charge in [0, 0.05) is 18.0 Å². The quantitative estimate of drug-likeness (QED) is 0.786. The van der Waals surface area contributed by atoms with Crippen LogP contribution in [0, 0.1) is 13.8 Å². The second-order valence-corrected chi connectivity index (χ2v) is 4.92. The SMILES string of the molecule is Cc1ccc(NC2=NCCCS2)c(C)c1. The first-order valence-corrected chi connectivity index (χ1v) is 6.26. The number of rotatable bonds is 1. The van der Waals surface area contributed by atoms with E-state index in [0.29, 0.717) is 0 Å². The number of benzene rings is 1. The molecular formula is C12H16N2S. The Morgan fingerprint density at radius 2 is 2.20 bits per heavy atom. The van der Waals surface area contributed by atoms with Crippen molar-refractivity contribution < 1.29 is 0 Å². The number of aliphatic imine (C=N–C) groups is 1. The highest BCUT2D eigenvalue weighted by Crippen LogP contribution is 2.20. The fourth-order valence-electron chi connectivity index (χ4n) is 1.60. The van der Waals surface area contributed by atoms with Gasteiger partial charge >= 0.3 is 0 Å². The predicted molar refractivity (Wildman–Crippen MR) is 68.9 cm³/mol.